The number of phosphoric acid groups is 2. The van der Waals surface area contributed by atoms with Crippen molar-refractivity contribution in [1.82, 2.24) is 0 Å². The number of hydrogen-bond acceptors (Lipinski definition) is 15. The topological polar surface area (TPSA) is 237 Å². The van der Waals surface area contributed by atoms with E-state index in [1.807, 2.05) is 0 Å². The van der Waals surface area contributed by atoms with Crippen molar-refractivity contribution in [3.05, 3.63) is 109 Å². The minimum absolute atomic E-state index is 0.0794. The first kappa shape index (κ1) is 91.7. The van der Waals surface area contributed by atoms with Crippen molar-refractivity contribution in [3.63, 3.8) is 0 Å². The summed E-state index contributed by atoms with van der Waals surface area (Å²) in [5.74, 6) is -2.24. The lowest BCUT2D eigenvalue weighted by Gasteiger charge is -2.21. The van der Waals surface area contributed by atoms with Crippen LogP contribution in [0.2, 0.25) is 0 Å². The molecule has 5 unspecified atom stereocenters. The normalized spacial score (nSPS) is 14.6. The lowest BCUT2D eigenvalue weighted by atomic mass is 10.1. The second kappa shape index (κ2) is 69.2. The molecule has 552 valence electrons. The third-order valence-corrected chi connectivity index (χ3v) is 17.1. The molecule has 0 bridgehead atoms. The predicted octanol–water partition coefficient (Wildman–Crippen LogP) is 21.0. The van der Waals surface area contributed by atoms with Crippen molar-refractivity contribution in [1.29, 1.82) is 0 Å². The number of carbonyl (C=O) groups excluding carboxylic acids is 4. The van der Waals surface area contributed by atoms with E-state index in [1.165, 1.54) is 51.4 Å². The van der Waals surface area contributed by atoms with Crippen molar-refractivity contribution in [2.45, 2.75) is 316 Å². The van der Waals surface area contributed by atoms with Gasteiger partial charge in [0.15, 0.2) is 12.2 Å². The van der Waals surface area contributed by atoms with E-state index in [-0.39, 0.29) is 25.7 Å². The second-order valence-electron chi connectivity index (χ2n) is 24.5. The summed E-state index contributed by atoms with van der Waals surface area (Å²) >= 11 is 0. The Morgan fingerprint density at radius 3 is 0.896 bits per heavy atom. The number of aliphatic hydroxyl groups excluding tert-OH is 1. The average Bonchev–Trinajstić information content (AvgIpc) is 1.15. The van der Waals surface area contributed by atoms with E-state index in [0.29, 0.717) is 25.7 Å². The molecule has 19 heteroatoms. The summed E-state index contributed by atoms with van der Waals surface area (Å²) in [6, 6.07) is 0. The van der Waals surface area contributed by atoms with E-state index >= 15 is 0 Å². The zero-order chi connectivity index (χ0) is 70.4. The highest BCUT2D eigenvalue weighted by molar-refractivity contribution is 7.47. The van der Waals surface area contributed by atoms with E-state index < -0.39 is 97.5 Å². The van der Waals surface area contributed by atoms with E-state index in [4.69, 9.17) is 37.0 Å². The summed E-state index contributed by atoms with van der Waals surface area (Å²) in [5.41, 5.74) is 0. The van der Waals surface area contributed by atoms with Gasteiger partial charge in [-0.25, -0.2) is 9.13 Å². The molecule has 0 amide bonds. The Morgan fingerprint density at radius 2 is 0.552 bits per heavy atom. The Kier molecular flexibility index (Phi) is 66.1. The fourth-order valence-corrected chi connectivity index (χ4v) is 11.2. The van der Waals surface area contributed by atoms with Gasteiger partial charge in [0.2, 0.25) is 0 Å². The van der Waals surface area contributed by atoms with Crippen LogP contribution < -0.4 is 0 Å². The van der Waals surface area contributed by atoms with Gasteiger partial charge in [0.1, 0.15) is 19.3 Å². The standard InChI is InChI=1S/C77H132O17P2/c1-5-9-13-17-21-25-29-31-33-34-35-36-38-40-44-46-50-54-58-62-75(80)88-68-73(94-77(82)64-60-56-52-48-42-28-24-20-16-12-8-4)70-92-96(85,86)90-66-71(78)65-89-95(83,84)91-69-72(93-76(81)63-59-55-51-47-41-27-23-19-15-11-7-3)67-87-74(79)61-57-53-49-45-43-39-37-32-30-26-22-18-14-10-6-2/h9-10,13-14,20-22,24-26,31-33,35-37,43,45,71-73,78H,5-8,11-12,15-19,23,27-30,34,38-42,44,46-70H2,1-4H3,(H,83,84)(H,85,86)/b13-9-,14-10-,24-20-,25-21-,26-22-,33-31-,36-35-,37-32-,45-43-. The molecule has 0 heterocycles. The van der Waals surface area contributed by atoms with Gasteiger partial charge in [-0.1, -0.05) is 259 Å². The molecule has 0 saturated heterocycles. The quantitative estimate of drug-likeness (QED) is 0.0169. The van der Waals surface area contributed by atoms with Crippen molar-refractivity contribution in [2.24, 2.45) is 0 Å². The van der Waals surface area contributed by atoms with Gasteiger partial charge in [-0.2, -0.15) is 0 Å². The highest BCUT2D eigenvalue weighted by Gasteiger charge is 2.30. The molecule has 0 aromatic rings. The summed E-state index contributed by atoms with van der Waals surface area (Å²) in [7, 11) is -9.95. The summed E-state index contributed by atoms with van der Waals surface area (Å²) in [5, 5.41) is 10.6. The summed E-state index contributed by atoms with van der Waals surface area (Å²) in [6.45, 7) is 4.52. The molecule has 0 aliphatic heterocycles. The van der Waals surface area contributed by atoms with Crippen LogP contribution in [0.5, 0.6) is 0 Å². The number of rotatable bonds is 69. The number of ether oxygens (including phenoxy) is 4. The van der Waals surface area contributed by atoms with Gasteiger partial charge in [0, 0.05) is 25.7 Å². The van der Waals surface area contributed by atoms with Crippen LogP contribution in [0.25, 0.3) is 0 Å². The zero-order valence-electron chi connectivity index (χ0n) is 60.0. The van der Waals surface area contributed by atoms with Gasteiger partial charge in [-0.15, -0.1) is 0 Å². The molecule has 96 heavy (non-hydrogen) atoms. The molecule has 0 aromatic carbocycles. The number of hydrogen-bond donors (Lipinski definition) is 3. The smallest absolute Gasteiger partial charge is 0.462 e. The van der Waals surface area contributed by atoms with Crippen molar-refractivity contribution in [3.8, 4) is 0 Å². The number of aliphatic hydroxyl groups is 1. The molecular weight excluding hydrogens is 1260 g/mol. The van der Waals surface area contributed by atoms with Crippen LogP contribution in [0.15, 0.2) is 109 Å². The molecule has 0 aromatic heterocycles. The monoisotopic (exact) mass is 1390 g/mol. The SMILES string of the molecule is CC/C=C\C/C=C\C/C=C\C/C=C\CCCCCCCCC(=O)OCC(COP(=O)(O)OCC(O)COP(=O)(O)OCC(COC(=O)CCCC/C=C\C/C=C\C/C=C\C/C=C\CC)OC(=O)CCCCCCCCCCCCC)OC(=O)CCCCCCC/C=C\CCCC. The highest BCUT2D eigenvalue weighted by atomic mass is 31.2. The molecule has 0 saturated carbocycles. The first-order valence-electron chi connectivity index (χ1n) is 37.1. The Labute approximate surface area is 581 Å². The first-order valence-corrected chi connectivity index (χ1v) is 40.1. The zero-order valence-corrected chi connectivity index (χ0v) is 61.8. The number of carbonyl (C=O) groups is 4. The molecule has 0 radical (unpaired) electrons. The first-order chi connectivity index (χ1) is 46.7. The number of allylic oxidation sites excluding steroid dienone is 18. The fourth-order valence-electron chi connectivity index (χ4n) is 9.59. The number of esters is 4. The maximum Gasteiger partial charge on any atom is 0.472 e. The molecule has 5 atom stereocenters. The van der Waals surface area contributed by atoms with Crippen molar-refractivity contribution in [2.75, 3.05) is 39.6 Å². The van der Waals surface area contributed by atoms with Crippen LogP contribution in [0.1, 0.15) is 297 Å². The molecular formula is C77H132O17P2. The number of phosphoric ester groups is 2. The second-order valence-corrected chi connectivity index (χ2v) is 27.4. The van der Waals surface area contributed by atoms with Crippen LogP contribution in [0, 0.1) is 0 Å². The summed E-state index contributed by atoms with van der Waals surface area (Å²) < 4.78 is 68.3. The molecule has 3 N–H and O–H groups in total. The molecule has 0 rings (SSSR count). The average molecular weight is 1390 g/mol. The van der Waals surface area contributed by atoms with Crippen LogP contribution in [0.3, 0.4) is 0 Å². The van der Waals surface area contributed by atoms with Gasteiger partial charge in [0.05, 0.1) is 26.4 Å². The Hall–Kier alpha value is -4.28. The van der Waals surface area contributed by atoms with E-state index in [9.17, 15) is 43.2 Å². The summed E-state index contributed by atoms with van der Waals surface area (Å²) in [6.07, 6.45) is 72.4. The Balaban J connectivity index is 5.32. The molecule has 0 aliphatic rings. The predicted molar refractivity (Wildman–Crippen MR) is 390 cm³/mol. The fraction of sp³-hybridized carbons (Fsp3) is 0.714. The highest BCUT2D eigenvalue weighted by Crippen LogP contribution is 2.45. The van der Waals surface area contributed by atoms with Crippen molar-refractivity contribution >= 4 is 39.5 Å². The van der Waals surface area contributed by atoms with Gasteiger partial charge < -0.3 is 33.8 Å². The summed E-state index contributed by atoms with van der Waals surface area (Å²) in [4.78, 5) is 72.7. The van der Waals surface area contributed by atoms with E-state index in [0.717, 1.165) is 167 Å². The Morgan fingerprint density at radius 1 is 0.302 bits per heavy atom. The van der Waals surface area contributed by atoms with Gasteiger partial charge in [-0.3, -0.25) is 37.3 Å². The maximum absolute atomic E-state index is 13.0. The lowest BCUT2D eigenvalue weighted by Crippen LogP contribution is -2.30. The van der Waals surface area contributed by atoms with Gasteiger partial charge in [0.25, 0.3) is 0 Å². The third-order valence-electron chi connectivity index (χ3n) is 15.2. The van der Waals surface area contributed by atoms with Crippen LogP contribution >= 0.6 is 15.6 Å². The van der Waals surface area contributed by atoms with E-state index in [2.05, 4.69) is 137 Å². The molecule has 0 aliphatic carbocycles. The van der Waals surface area contributed by atoms with Gasteiger partial charge in [-0.05, 0) is 122 Å². The van der Waals surface area contributed by atoms with E-state index in [1.54, 1.807) is 0 Å². The Bertz CT molecular complexity index is 2250. The third kappa shape index (κ3) is 68.3. The minimum Gasteiger partial charge on any atom is -0.462 e. The minimum atomic E-state index is -4.98. The largest absolute Gasteiger partial charge is 0.472 e. The van der Waals surface area contributed by atoms with Crippen LogP contribution in [-0.2, 0) is 65.4 Å². The number of unbranched alkanes of at least 4 members (excludes halogenated alkanes) is 25. The van der Waals surface area contributed by atoms with Gasteiger partial charge >= 0.3 is 39.5 Å². The molecule has 0 spiro atoms. The van der Waals surface area contributed by atoms with Crippen LogP contribution in [-0.4, -0.2) is 96.7 Å². The maximum atomic E-state index is 13.0. The molecule has 17 nitrogen and oxygen atoms in total. The van der Waals surface area contributed by atoms with Crippen LogP contribution in [0.4, 0.5) is 0 Å². The van der Waals surface area contributed by atoms with Crippen molar-refractivity contribution < 1.29 is 80.2 Å². The molecule has 0 fully saturated rings. The lowest BCUT2D eigenvalue weighted by molar-refractivity contribution is -0.161.